The normalized spacial score (nSPS) is 14.8. The number of fused-ring (bicyclic) bond motifs is 1. The molecule has 1 aliphatic heterocycles. The van der Waals surface area contributed by atoms with Gasteiger partial charge in [-0.25, -0.2) is 4.68 Å². The Morgan fingerprint density at radius 1 is 1.08 bits per heavy atom. The van der Waals surface area contributed by atoms with E-state index in [4.69, 9.17) is 33.3 Å². The van der Waals surface area contributed by atoms with Crippen LogP contribution in [0.4, 0.5) is 11.6 Å². The minimum atomic E-state index is -0.469. The number of rotatable bonds is 6. The highest BCUT2D eigenvalue weighted by atomic mass is 79.9. The predicted octanol–water partition coefficient (Wildman–Crippen LogP) is 7.57. The van der Waals surface area contributed by atoms with Crippen LogP contribution in [0.1, 0.15) is 24.1 Å². The van der Waals surface area contributed by atoms with Crippen LogP contribution in [-0.4, -0.2) is 20.7 Å². The number of hydrogen-bond donors (Lipinski definition) is 2. The lowest BCUT2D eigenvalue weighted by Crippen LogP contribution is -2.31. The van der Waals surface area contributed by atoms with Crippen molar-refractivity contribution < 1.29 is 4.79 Å². The summed E-state index contributed by atoms with van der Waals surface area (Å²) in [6, 6.07) is 22.1. The summed E-state index contributed by atoms with van der Waals surface area (Å²) < 4.78 is 2.71. The van der Waals surface area contributed by atoms with Crippen LogP contribution in [0.2, 0.25) is 10.0 Å². The number of carbonyl (C=O) groups excluding carboxylic acids is 1. The Balaban J connectivity index is 1.48. The Bertz CT molecular complexity index is 1450. The topological polar surface area (TPSA) is 71.8 Å². The molecule has 0 radical (unpaired) electrons. The first-order valence-corrected chi connectivity index (χ1v) is 13.6. The smallest absolute Gasteiger partial charge is 0.255 e. The first kappa shape index (κ1) is 24.9. The molecule has 10 heteroatoms. The number of amides is 1. The lowest BCUT2D eigenvalue weighted by molar-refractivity contribution is -0.113. The molecule has 1 amide bonds. The molecule has 5 rings (SSSR count). The van der Waals surface area contributed by atoms with Crippen molar-refractivity contribution in [3.63, 3.8) is 0 Å². The van der Waals surface area contributed by atoms with Crippen molar-refractivity contribution in [3.8, 4) is 0 Å². The van der Waals surface area contributed by atoms with Gasteiger partial charge < -0.3 is 10.6 Å². The number of benzene rings is 3. The van der Waals surface area contributed by atoms with E-state index in [1.807, 2.05) is 55.5 Å². The maximum Gasteiger partial charge on any atom is 0.255 e. The van der Waals surface area contributed by atoms with E-state index < -0.39 is 6.04 Å². The van der Waals surface area contributed by atoms with Crippen LogP contribution in [0.3, 0.4) is 0 Å². The van der Waals surface area contributed by atoms with Crippen LogP contribution in [0, 0.1) is 0 Å². The fraction of sp³-hybridized carbons (Fsp3) is 0.115. The first-order chi connectivity index (χ1) is 17.4. The van der Waals surface area contributed by atoms with Crippen molar-refractivity contribution in [1.29, 1.82) is 0 Å². The van der Waals surface area contributed by atoms with Gasteiger partial charge >= 0.3 is 0 Å². The monoisotopic (exact) mass is 599 g/mol. The van der Waals surface area contributed by atoms with Gasteiger partial charge in [0.2, 0.25) is 11.1 Å². The highest BCUT2D eigenvalue weighted by Crippen LogP contribution is 2.37. The number of anilines is 2. The molecule has 6 nitrogen and oxygen atoms in total. The highest BCUT2D eigenvalue weighted by molar-refractivity contribution is 9.10. The quantitative estimate of drug-likeness (QED) is 0.223. The summed E-state index contributed by atoms with van der Waals surface area (Å²) in [5.74, 6) is 0.967. The van der Waals surface area contributed by atoms with Gasteiger partial charge in [-0.2, -0.15) is 4.98 Å². The predicted molar refractivity (Wildman–Crippen MR) is 150 cm³/mol. The van der Waals surface area contributed by atoms with Crippen molar-refractivity contribution >= 4 is 68.4 Å². The van der Waals surface area contributed by atoms with Crippen molar-refractivity contribution in [3.05, 3.63) is 110 Å². The molecule has 0 bridgehead atoms. The summed E-state index contributed by atoms with van der Waals surface area (Å²) in [6.45, 7) is 1.87. The van der Waals surface area contributed by atoms with E-state index in [-0.39, 0.29) is 5.91 Å². The molecule has 1 aromatic heterocycles. The molecule has 2 N–H and O–H groups in total. The van der Waals surface area contributed by atoms with E-state index >= 15 is 0 Å². The summed E-state index contributed by atoms with van der Waals surface area (Å²) in [7, 11) is 0. The molecule has 182 valence electrons. The highest BCUT2D eigenvalue weighted by Gasteiger charge is 2.34. The Labute approximate surface area is 231 Å². The van der Waals surface area contributed by atoms with Crippen molar-refractivity contribution in [2.45, 2.75) is 23.9 Å². The van der Waals surface area contributed by atoms with E-state index in [0.29, 0.717) is 43.9 Å². The molecule has 2 heterocycles. The second-order valence-electron chi connectivity index (χ2n) is 8.12. The second kappa shape index (κ2) is 10.7. The van der Waals surface area contributed by atoms with Crippen LogP contribution in [-0.2, 0) is 10.5 Å². The van der Waals surface area contributed by atoms with Gasteiger partial charge in [-0.1, -0.05) is 81.2 Å². The number of carbonyl (C=O) groups is 1. The molecule has 0 fully saturated rings. The molecule has 0 saturated carbocycles. The Kier molecular flexibility index (Phi) is 7.39. The van der Waals surface area contributed by atoms with Gasteiger partial charge in [0.25, 0.3) is 5.91 Å². The third-order valence-electron chi connectivity index (χ3n) is 5.68. The van der Waals surface area contributed by atoms with Crippen molar-refractivity contribution in [2.24, 2.45) is 0 Å². The lowest BCUT2D eigenvalue weighted by atomic mass is 9.95. The third-order valence-corrected chi connectivity index (χ3v) is 7.72. The molecule has 1 aliphatic rings. The molecular formula is C26H20BrCl2N5OS. The molecule has 36 heavy (non-hydrogen) atoms. The number of nitrogens with zero attached hydrogens (tertiary/aromatic N) is 3. The van der Waals surface area contributed by atoms with Crippen molar-refractivity contribution in [1.82, 2.24) is 14.8 Å². The number of halogens is 3. The standard InChI is InChI=1S/C26H20BrCl2N5OS/c1-15-22(24(35)31-20-12-10-19(28)11-13-20)23(16-6-8-18(27)9-7-16)34-25(30-15)32-26(33-34)36-14-17-4-2-3-5-21(17)29/h2-13,23H,14H2,1H3,(H,31,35)(H,30,32,33). The van der Waals surface area contributed by atoms with Crippen LogP contribution in [0.15, 0.2) is 93.7 Å². The first-order valence-electron chi connectivity index (χ1n) is 11.0. The van der Waals surface area contributed by atoms with E-state index in [1.54, 1.807) is 28.9 Å². The van der Waals surface area contributed by atoms with E-state index in [2.05, 4.69) is 26.6 Å². The Morgan fingerprint density at radius 3 is 2.53 bits per heavy atom. The number of aromatic nitrogens is 3. The van der Waals surface area contributed by atoms with Crippen LogP contribution in [0.25, 0.3) is 0 Å². The van der Waals surface area contributed by atoms with Crippen LogP contribution < -0.4 is 10.6 Å². The molecular weight excluding hydrogens is 581 g/mol. The van der Waals surface area contributed by atoms with E-state index in [0.717, 1.165) is 15.6 Å². The van der Waals surface area contributed by atoms with Gasteiger partial charge in [-0.3, -0.25) is 4.79 Å². The number of nitrogens with one attached hydrogen (secondary N) is 2. The van der Waals surface area contributed by atoms with Gasteiger partial charge in [-0.15, -0.1) is 5.10 Å². The summed E-state index contributed by atoms with van der Waals surface area (Å²) in [6.07, 6.45) is 0. The number of hydrogen-bond acceptors (Lipinski definition) is 5. The van der Waals surface area contributed by atoms with Crippen LogP contribution in [0.5, 0.6) is 0 Å². The summed E-state index contributed by atoms with van der Waals surface area (Å²) >= 11 is 17.3. The largest absolute Gasteiger partial charge is 0.328 e. The molecule has 3 aromatic carbocycles. The number of thioether (sulfide) groups is 1. The molecule has 4 aromatic rings. The molecule has 0 spiro atoms. The zero-order valence-electron chi connectivity index (χ0n) is 19.0. The molecule has 1 atom stereocenters. The minimum absolute atomic E-state index is 0.235. The maximum absolute atomic E-state index is 13.5. The lowest BCUT2D eigenvalue weighted by Gasteiger charge is -2.28. The van der Waals surface area contributed by atoms with Gasteiger partial charge in [0, 0.05) is 31.7 Å². The SMILES string of the molecule is CC1=C(C(=O)Nc2ccc(Cl)cc2)C(c2ccc(Br)cc2)n2nc(SCc3ccccc3Cl)nc2N1. The fourth-order valence-electron chi connectivity index (χ4n) is 3.93. The zero-order chi connectivity index (χ0) is 25.2. The minimum Gasteiger partial charge on any atom is -0.328 e. The van der Waals surface area contributed by atoms with Gasteiger partial charge in [0.05, 0.1) is 5.57 Å². The molecule has 0 aliphatic carbocycles. The van der Waals surface area contributed by atoms with E-state index in [9.17, 15) is 4.79 Å². The fourth-order valence-corrected chi connectivity index (χ4v) is 5.43. The van der Waals surface area contributed by atoms with E-state index in [1.165, 1.54) is 11.8 Å². The summed E-state index contributed by atoms with van der Waals surface area (Å²) in [5, 5.41) is 12.9. The Hall–Kier alpha value is -2.78. The van der Waals surface area contributed by atoms with Crippen molar-refractivity contribution in [2.75, 3.05) is 10.6 Å². The number of allylic oxidation sites excluding steroid dienone is 1. The molecule has 1 unspecified atom stereocenters. The summed E-state index contributed by atoms with van der Waals surface area (Å²) in [5.41, 5.74) is 3.82. The molecule has 0 saturated heterocycles. The van der Waals surface area contributed by atoms with Gasteiger partial charge in [-0.05, 0) is 60.5 Å². The Morgan fingerprint density at radius 2 is 1.81 bits per heavy atom. The average Bonchev–Trinajstić information content (AvgIpc) is 3.27. The maximum atomic E-state index is 13.5. The van der Waals surface area contributed by atoms with Gasteiger partial charge in [0.15, 0.2) is 0 Å². The second-order valence-corrected chi connectivity index (χ2v) is 10.8. The van der Waals surface area contributed by atoms with Crippen LogP contribution >= 0.6 is 50.9 Å². The zero-order valence-corrected chi connectivity index (χ0v) is 22.9. The average molecular weight is 601 g/mol. The summed E-state index contributed by atoms with van der Waals surface area (Å²) in [4.78, 5) is 18.2. The third kappa shape index (κ3) is 5.32. The van der Waals surface area contributed by atoms with Gasteiger partial charge in [0.1, 0.15) is 6.04 Å².